The highest BCUT2D eigenvalue weighted by molar-refractivity contribution is 5.31. The van der Waals surface area contributed by atoms with Crippen LogP contribution in [0.2, 0.25) is 0 Å². The predicted molar refractivity (Wildman–Crippen MR) is 70.8 cm³/mol. The Morgan fingerprint density at radius 3 is 2.78 bits per heavy atom. The molecule has 2 aromatic rings. The molecule has 1 aliphatic rings. The molecular weight excluding hydrogens is 224 g/mol. The SMILES string of the molecule is Cc1nc(CCNC2CC2)n(-c2ccccc2)n1. The lowest BCUT2D eigenvalue weighted by atomic mass is 10.3. The van der Waals surface area contributed by atoms with Crippen molar-refractivity contribution < 1.29 is 0 Å². The molecule has 1 aromatic heterocycles. The largest absolute Gasteiger partial charge is 0.314 e. The first-order valence-electron chi connectivity index (χ1n) is 6.54. The summed E-state index contributed by atoms with van der Waals surface area (Å²) < 4.78 is 1.95. The number of rotatable bonds is 5. The van der Waals surface area contributed by atoms with Gasteiger partial charge >= 0.3 is 0 Å². The minimum absolute atomic E-state index is 0.749. The summed E-state index contributed by atoms with van der Waals surface area (Å²) in [6, 6.07) is 10.9. The first-order chi connectivity index (χ1) is 8.83. The van der Waals surface area contributed by atoms with Crippen LogP contribution in [-0.4, -0.2) is 27.4 Å². The maximum absolute atomic E-state index is 4.52. The smallest absolute Gasteiger partial charge is 0.148 e. The molecule has 1 heterocycles. The van der Waals surface area contributed by atoms with Gasteiger partial charge in [0.2, 0.25) is 0 Å². The fourth-order valence-electron chi connectivity index (χ4n) is 2.07. The zero-order chi connectivity index (χ0) is 12.4. The minimum atomic E-state index is 0.749. The van der Waals surface area contributed by atoms with Crippen LogP contribution in [0, 0.1) is 6.92 Å². The van der Waals surface area contributed by atoms with Crippen LogP contribution in [0.25, 0.3) is 5.69 Å². The average molecular weight is 242 g/mol. The summed E-state index contributed by atoms with van der Waals surface area (Å²) in [5.74, 6) is 1.87. The van der Waals surface area contributed by atoms with Gasteiger partial charge in [-0.3, -0.25) is 0 Å². The molecule has 0 saturated heterocycles. The van der Waals surface area contributed by atoms with Crippen molar-refractivity contribution in [1.29, 1.82) is 0 Å². The van der Waals surface area contributed by atoms with E-state index < -0.39 is 0 Å². The summed E-state index contributed by atoms with van der Waals surface area (Å²) in [6.45, 7) is 2.92. The molecule has 18 heavy (non-hydrogen) atoms. The van der Waals surface area contributed by atoms with Gasteiger partial charge in [-0.2, -0.15) is 5.10 Å². The predicted octanol–water partition coefficient (Wildman–Crippen LogP) is 1.87. The van der Waals surface area contributed by atoms with E-state index in [4.69, 9.17) is 0 Å². The van der Waals surface area contributed by atoms with Gasteiger partial charge in [0.15, 0.2) is 0 Å². The zero-order valence-corrected chi connectivity index (χ0v) is 10.6. The molecule has 1 N–H and O–H groups in total. The molecule has 1 fully saturated rings. The number of nitrogens with zero attached hydrogens (tertiary/aromatic N) is 3. The van der Waals surface area contributed by atoms with E-state index in [1.165, 1.54) is 12.8 Å². The molecule has 0 amide bonds. The maximum Gasteiger partial charge on any atom is 0.148 e. The van der Waals surface area contributed by atoms with Crippen LogP contribution in [0.1, 0.15) is 24.5 Å². The Bertz CT molecular complexity index is 514. The molecule has 1 aliphatic carbocycles. The number of hydrogen-bond acceptors (Lipinski definition) is 3. The van der Waals surface area contributed by atoms with Gasteiger partial charge in [0.05, 0.1) is 5.69 Å². The standard InChI is InChI=1S/C14H18N4/c1-11-16-14(9-10-15-12-7-8-12)18(17-11)13-5-3-2-4-6-13/h2-6,12,15H,7-10H2,1H3. The third-order valence-corrected chi connectivity index (χ3v) is 3.14. The second-order valence-corrected chi connectivity index (χ2v) is 4.80. The van der Waals surface area contributed by atoms with Crippen LogP contribution in [0.4, 0.5) is 0 Å². The van der Waals surface area contributed by atoms with Gasteiger partial charge in [0.25, 0.3) is 0 Å². The average Bonchev–Trinajstić information content (AvgIpc) is 3.13. The second kappa shape index (κ2) is 4.90. The molecule has 0 aliphatic heterocycles. The highest BCUT2D eigenvalue weighted by atomic mass is 15.3. The number of aromatic nitrogens is 3. The van der Waals surface area contributed by atoms with Gasteiger partial charge in [-0.15, -0.1) is 0 Å². The quantitative estimate of drug-likeness (QED) is 0.870. The summed E-state index contributed by atoms with van der Waals surface area (Å²) in [5.41, 5.74) is 1.08. The Balaban J connectivity index is 1.76. The van der Waals surface area contributed by atoms with Gasteiger partial charge in [-0.25, -0.2) is 9.67 Å². The van der Waals surface area contributed by atoms with E-state index in [0.717, 1.165) is 36.3 Å². The maximum atomic E-state index is 4.52. The van der Waals surface area contributed by atoms with Gasteiger partial charge in [-0.1, -0.05) is 18.2 Å². The molecule has 0 spiro atoms. The molecule has 0 radical (unpaired) electrons. The van der Waals surface area contributed by atoms with Crippen molar-refractivity contribution in [1.82, 2.24) is 20.1 Å². The number of para-hydroxylation sites is 1. The summed E-state index contributed by atoms with van der Waals surface area (Å²) >= 11 is 0. The Hall–Kier alpha value is -1.68. The fraction of sp³-hybridized carbons (Fsp3) is 0.429. The Labute approximate surface area is 107 Å². The summed E-state index contributed by atoms with van der Waals surface area (Å²) in [4.78, 5) is 4.52. The van der Waals surface area contributed by atoms with Crippen molar-refractivity contribution in [2.45, 2.75) is 32.2 Å². The molecule has 94 valence electrons. The third kappa shape index (κ3) is 2.59. The third-order valence-electron chi connectivity index (χ3n) is 3.14. The Morgan fingerprint density at radius 2 is 2.06 bits per heavy atom. The monoisotopic (exact) mass is 242 g/mol. The molecule has 4 nitrogen and oxygen atoms in total. The van der Waals surface area contributed by atoms with Crippen molar-refractivity contribution >= 4 is 0 Å². The van der Waals surface area contributed by atoms with Crippen molar-refractivity contribution in [3.05, 3.63) is 42.0 Å². The zero-order valence-electron chi connectivity index (χ0n) is 10.6. The lowest BCUT2D eigenvalue weighted by Crippen LogP contribution is -2.20. The van der Waals surface area contributed by atoms with E-state index in [1.54, 1.807) is 0 Å². The fourth-order valence-corrected chi connectivity index (χ4v) is 2.07. The van der Waals surface area contributed by atoms with Crippen molar-refractivity contribution in [3.8, 4) is 5.69 Å². The van der Waals surface area contributed by atoms with Gasteiger partial charge in [0, 0.05) is 19.0 Å². The number of nitrogens with one attached hydrogen (secondary N) is 1. The number of benzene rings is 1. The van der Waals surface area contributed by atoms with Crippen LogP contribution >= 0.6 is 0 Å². The second-order valence-electron chi connectivity index (χ2n) is 4.80. The van der Waals surface area contributed by atoms with Crippen molar-refractivity contribution in [2.75, 3.05) is 6.54 Å². The van der Waals surface area contributed by atoms with Gasteiger partial charge in [0.1, 0.15) is 11.6 Å². The highest BCUT2D eigenvalue weighted by Crippen LogP contribution is 2.18. The molecule has 3 rings (SSSR count). The van der Waals surface area contributed by atoms with Crippen LogP contribution in [0.15, 0.2) is 30.3 Å². The van der Waals surface area contributed by atoms with E-state index in [9.17, 15) is 0 Å². The van der Waals surface area contributed by atoms with Crippen LogP contribution in [0.5, 0.6) is 0 Å². The number of aryl methyl sites for hydroxylation is 1. The molecule has 1 aromatic carbocycles. The lowest BCUT2D eigenvalue weighted by Gasteiger charge is -2.06. The topological polar surface area (TPSA) is 42.7 Å². The summed E-state index contributed by atoms with van der Waals surface area (Å²) in [5, 5.41) is 7.98. The highest BCUT2D eigenvalue weighted by Gasteiger charge is 2.20. The van der Waals surface area contributed by atoms with Gasteiger partial charge in [-0.05, 0) is 31.9 Å². The molecular formula is C14H18N4. The molecule has 0 unspecified atom stereocenters. The van der Waals surface area contributed by atoms with Gasteiger partial charge < -0.3 is 5.32 Å². The molecule has 4 heteroatoms. The van der Waals surface area contributed by atoms with E-state index >= 15 is 0 Å². The van der Waals surface area contributed by atoms with Crippen molar-refractivity contribution in [3.63, 3.8) is 0 Å². The first-order valence-corrected chi connectivity index (χ1v) is 6.54. The molecule has 0 bridgehead atoms. The first kappa shape index (κ1) is 11.4. The van der Waals surface area contributed by atoms with Crippen LogP contribution in [0.3, 0.4) is 0 Å². The van der Waals surface area contributed by atoms with E-state index in [-0.39, 0.29) is 0 Å². The van der Waals surface area contributed by atoms with Crippen molar-refractivity contribution in [2.24, 2.45) is 0 Å². The molecule has 1 saturated carbocycles. The lowest BCUT2D eigenvalue weighted by molar-refractivity contribution is 0.653. The van der Waals surface area contributed by atoms with Crippen LogP contribution in [-0.2, 0) is 6.42 Å². The Morgan fingerprint density at radius 1 is 1.28 bits per heavy atom. The van der Waals surface area contributed by atoms with E-state index in [1.807, 2.05) is 29.8 Å². The normalized spacial score (nSPS) is 14.9. The minimum Gasteiger partial charge on any atom is -0.314 e. The summed E-state index contributed by atoms with van der Waals surface area (Å²) in [7, 11) is 0. The molecule has 0 atom stereocenters. The summed E-state index contributed by atoms with van der Waals surface area (Å²) in [6.07, 6.45) is 3.57. The van der Waals surface area contributed by atoms with Crippen LogP contribution < -0.4 is 5.32 Å². The number of hydrogen-bond donors (Lipinski definition) is 1. The van der Waals surface area contributed by atoms with E-state index in [2.05, 4.69) is 27.5 Å². The van der Waals surface area contributed by atoms with E-state index in [0.29, 0.717) is 0 Å². The Kier molecular flexibility index (Phi) is 3.11.